The first-order chi connectivity index (χ1) is 16.4. The molecule has 0 saturated carbocycles. The zero-order valence-corrected chi connectivity index (χ0v) is 22.0. The van der Waals surface area contributed by atoms with Gasteiger partial charge in [-0.2, -0.15) is 8.42 Å². The third-order valence-electron chi connectivity index (χ3n) is 6.01. The minimum absolute atomic E-state index is 0.228. The molecule has 0 atom stereocenters. The Bertz CT molecular complexity index is 768. The van der Waals surface area contributed by atoms with Gasteiger partial charge in [0.2, 0.25) is 0 Å². The second kappa shape index (κ2) is 19.6. The first-order valence-corrected chi connectivity index (χ1v) is 14.8. The summed E-state index contributed by atoms with van der Waals surface area (Å²) in [4.78, 5) is 11.6. The van der Waals surface area contributed by atoms with Crippen LogP contribution in [-0.4, -0.2) is 18.9 Å². The quantitative estimate of drug-likeness (QED) is 0.0609. The SMILES string of the molecule is CCCCCCCCCCCCCCCCCC=CCCC(=O)Oc1ccc(S(=O)(=O)O)cc1. The molecule has 0 heterocycles. The third-order valence-corrected chi connectivity index (χ3v) is 6.88. The van der Waals surface area contributed by atoms with Crippen molar-refractivity contribution in [2.24, 2.45) is 0 Å². The molecule has 6 heteroatoms. The van der Waals surface area contributed by atoms with Crippen LogP contribution in [0.4, 0.5) is 0 Å². The van der Waals surface area contributed by atoms with Crippen molar-refractivity contribution in [1.29, 1.82) is 0 Å². The Labute approximate surface area is 208 Å². The van der Waals surface area contributed by atoms with Crippen LogP contribution in [0.2, 0.25) is 0 Å². The maximum Gasteiger partial charge on any atom is 0.311 e. The summed E-state index contributed by atoms with van der Waals surface area (Å²) in [6, 6.07) is 5.12. The van der Waals surface area contributed by atoms with Crippen molar-refractivity contribution >= 4 is 16.1 Å². The maximum absolute atomic E-state index is 11.9. The predicted octanol–water partition coefficient (Wildman–Crippen LogP) is 8.44. The summed E-state index contributed by atoms with van der Waals surface area (Å²) >= 11 is 0. The van der Waals surface area contributed by atoms with Gasteiger partial charge in [-0.1, -0.05) is 109 Å². The van der Waals surface area contributed by atoms with E-state index >= 15 is 0 Å². The van der Waals surface area contributed by atoms with Gasteiger partial charge in [0, 0.05) is 6.42 Å². The van der Waals surface area contributed by atoms with Gasteiger partial charge in [0.25, 0.3) is 10.1 Å². The number of allylic oxidation sites excluding steroid dienone is 2. The summed E-state index contributed by atoms with van der Waals surface area (Å²) in [5.41, 5.74) is 0. The van der Waals surface area contributed by atoms with Crippen LogP contribution in [0.3, 0.4) is 0 Å². The van der Waals surface area contributed by atoms with Gasteiger partial charge in [-0.3, -0.25) is 9.35 Å². The number of carbonyl (C=O) groups excluding carboxylic acids is 1. The normalized spacial score (nSPS) is 11.8. The average Bonchev–Trinajstić information content (AvgIpc) is 2.80. The van der Waals surface area contributed by atoms with E-state index < -0.39 is 10.1 Å². The lowest BCUT2D eigenvalue weighted by molar-refractivity contribution is -0.134. The van der Waals surface area contributed by atoms with Crippen LogP contribution in [0.15, 0.2) is 41.3 Å². The van der Waals surface area contributed by atoms with E-state index in [-0.39, 0.29) is 23.0 Å². The number of carbonyl (C=O) groups is 1. The lowest BCUT2D eigenvalue weighted by Crippen LogP contribution is -2.07. The van der Waals surface area contributed by atoms with Crippen LogP contribution in [0, 0.1) is 0 Å². The van der Waals surface area contributed by atoms with Crippen LogP contribution in [0.25, 0.3) is 0 Å². The van der Waals surface area contributed by atoms with E-state index in [0.717, 1.165) is 6.42 Å². The zero-order valence-electron chi connectivity index (χ0n) is 21.2. The average molecular weight is 495 g/mol. The fourth-order valence-corrected chi connectivity index (χ4v) is 4.41. The molecule has 1 rings (SSSR count). The molecule has 0 radical (unpaired) electrons. The molecule has 0 saturated heterocycles. The highest BCUT2D eigenvalue weighted by molar-refractivity contribution is 7.85. The molecule has 0 unspecified atom stereocenters. The van der Waals surface area contributed by atoms with Crippen molar-refractivity contribution < 1.29 is 22.5 Å². The summed E-state index contributed by atoms with van der Waals surface area (Å²) in [6.07, 6.45) is 26.6. The van der Waals surface area contributed by atoms with E-state index in [2.05, 4.69) is 13.0 Å². The molecule has 0 amide bonds. The Hall–Kier alpha value is -1.66. The van der Waals surface area contributed by atoms with Crippen molar-refractivity contribution in [3.05, 3.63) is 36.4 Å². The lowest BCUT2D eigenvalue weighted by Gasteiger charge is -2.04. The molecule has 0 aliphatic heterocycles. The van der Waals surface area contributed by atoms with Gasteiger partial charge in [-0.05, 0) is 43.5 Å². The predicted molar refractivity (Wildman–Crippen MR) is 140 cm³/mol. The molecule has 194 valence electrons. The van der Waals surface area contributed by atoms with E-state index in [4.69, 9.17) is 9.29 Å². The Kier molecular flexibility index (Phi) is 17.5. The Morgan fingerprint density at radius 2 is 1.18 bits per heavy atom. The molecule has 0 spiro atoms. The largest absolute Gasteiger partial charge is 0.427 e. The number of ether oxygens (including phenoxy) is 1. The number of benzene rings is 1. The molecule has 1 N–H and O–H groups in total. The molecule has 0 bridgehead atoms. The maximum atomic E-state index is 11.9. The fourth-order valence-electron chi connectivity index (χ4n) is 3.93. The molecular formula is C28H46O5S. The van der Waals surface area contributed by atoms with Crippen LogP contribution >= 0.6 is 0 Å². The van der Waals surface area contributed by atoms with Crippen molar-refractivity contribution in [3.63, 3.8) is 0 Å². The van der Waals surface area contributed by atoms with Crippen molar-refractivity contribution in [1.82, 2.24) is 0 Å². The molecule has 1 aromatic rings. The lowest BCUT2D eigenvalue weighted by atomic mass is 10.0. The summed E-state index contributed by atoms with van der Waals surface area (Å²) in [7, 11) is -4.24. The standard InChI is InChI=1S/C28H46O5S/c1-2-3-4-5-6-7-8-9-10-11-12-13-14-15-16-17-18-19-20-21-28(29)33-26-22-24-27(25-23-26)34(30,31)32/h18-19,22-25H,2-17,20-21H2,1H3,(H,30,31,32). The van der Waals surface area contributed by atoms with Crippen LogP contribution in [0.5, 0.6) is 5.75 Å². The first kappa shape index (κ1) is 30.4. The molecule has 5 nitrogen and oxygen atoms in total. The van der Waals surface area contributed by atoms with Crippen molar-refractivity contribution in [3.8, 4) is 5.75 Å². The number of unbranched alkanes of at least 4 members (excludes halogenated alkanes) is 15. The Morgan fingerprint density at radius 1 is 0.735 bits per heavy atom. The van der Waals surface area contributed by atoms with Crippen LogP contribution in [0.1, 0.15) is 122 Å². The summed E-state index contributed by atoms with van der Waals surface area (Å²) < 4.78 is 36.1. The van der Waals surface area contributed by atoms with Gasteiger partial charge in [-0.25, -0.2) is 0 Å². The highest BCUT2D eigenvalue weighted by Crippen LogP contribution is 2.17. The van der Waals surface area contributed by atoms with Gasteiger partial charge in [0.15, 0.2) is 0 Å². The van der Waals surface area contributed by atoms with Gasteiger partial charge in [0.05, 0.1) is 4.90 Å². The van der Waals surface area contributed by atoms with E-state index in [1.54, 1.807) is 0 Å². The molecular weight excluding hydrogens is 448 g/mol. The van der Waals surface area contributed by atoms with Crippen molar-refractivity contribution in [2.45, 2.75) is 127 Å². The van der Waals surface area contributed by atoms with Crippen molar-refractivity contribution in [2.75, 3.05) is 0 Å². The zero-order chi connectivity index (χ0) is 24.9. The first-order valence-electron chi connectivity index (χ1n) is 13.4. The van der Waals surface area contributed by atoms with E-state index in [9.17, 15) is 13.2 Å². The highest BCUT2D eigenvalue weighted by atomic mass is 32.2. The molecule has 0 aromatic heterocycles. The summed E-state index contributed by atoms with van der Waals surface area (Å²) in [5.74, 6) is -0.101. The summed E-state index contributed by atoms with van der Waals surface area (Å²) in [6.45, 7) is 2.27. The van der Waals surface area contributed by atoms with E-state index in [1.807, 2.05) is 6.08 Å². The van der Waals surface area contributed by atoms with Gasteiger partial charge in [0.1, 0.15) is 5.75 Å². The monoisotopic (exact) mass is 494 g/mol. The second-order valence-electron chi connectivity index (χ2n) is 9.17. The van der Waals surface area contributed by atoms with Crippen LogP contribution in [-0.2, 0) is 14.9 Å². The summed E-state index contributed by atoms with van der Waals surface area (Å²) in [5, 5.41) is 0. The Balaban J connectivity index is 1.89. The topological polar surface area (TPSA) is 80.7 Å². The van der Waals surface area contributed by atoms with Gasteiger partial charge < -0.3 is 4.74 Å². The number of esters is 1. The second-order valence-corrected chi connectivity index (χ2v) is 10.6. The molecule has 34 heavy (non-hydrogen) atoms. The van der Waals surface area contributed by atoms with Gasteiger partial charge in [-0.15, -0.1) is 0 Å². The molecule has 1 aromatic carbocycles. The smallest absolute Gasteiger partial charge is 0.311 e. The third kappa shape index (κ3) is 16.9. The minimum atomic E-state index is -4.24. The fraction of sp³-hybridized carbons (Fsp3) is 0.679. The molecule has 0 fully saturated rings. The number of rotatable bonds is 21. The Morgan fingerprint density at radius 3 is 1.65 bits per heavy atom. The number of hydrogen-bond donors (Lipinski definition) is 1. The van der Waals surface area contributed by atoms with Gasteiger partial charge >= 0.3 is 5.97 Å². The molecule has 0 aliphatic carbocycles. The minimum Gasteiger partial charge on any atom is -0.427 e. The highest BCUT2D eigenvalue weighted by Gasteiger charge is 2.10. The van der Waals surface area contributed by atoms with Crippen LogP contribution < -0.4 is 4.74 Å². The molecule has 0 aliphatic rings. The number of hydrogen-bond acceptors (Lipinski definition) is 4. The van der Waals surface area contributed by atoms with E-state index in [1.165, 1.54) is 121 Å². The van der Waals surface area contributed by atoms with E-state index in [0.29, 0.717) is 6.42 Å².